The van der Waals surface area contributed by atoms with Crippen LogP contribution in [-0.4, -0.2) is 27.8 Å². The molecule has 132 valence electrons. The van der Waals surface area contributed by atoms with E-state index in [1.165, 1.54) is 11.3 Å². The van der Waals surface area contributed by atoms with Crippen molar-refractivity contribution in [1.82, 2.24) is 9.47 Å². The lowest BCUT2D eigenvalue weighted by Gasteiger charge is -2.15. The van der Waals surface area contributed by atoms with E-state index in [0.29, 0.717) is 17.9 Å². The number of benzene rings is 2. The van der Waals surface area contributed by atoms with Gasteiger partial charge in [-0.2, -0.15) is 4.99 Å². The third-order valence-corrected chi connectivity index (χ3v) is 5.81. The Labute approximate surface area is 155 Å². The fraction of sp³-hybridized carbons (Fsp3) is 0.250. The fourth-order valence-electron chi connectivity index (χ4n) is 3.27. The molecule has 0 radical (unpaired) electrons. The van der Waals surface area contributed by atoms with Gasteiger partial charge in [-0.3, -0.25) is 9.59 Å². The van der Waals surface area contributed by atoms with Crippen LogP contribution in [-0.2, 0) is 23.2 Å². The second-order valence-corrected chi connectivity index (χ2v) is 7.53. The van der Waals surface area contributed by atoms with Crippen LogP contribution in [0.25, 0.3) is 10.2 Å². The van der Waals surface area contributed by atoms with E-state index >= 15 is 0 Å². The number of para-hydroxylation sites is 1. The number of carbonyl (C=O) groups is 2. The Balaban J connectivity index is 1.53. The van der Waals surface area contributed by atoms with Gasteiger partial charge in [0.2, 0.25) is 5.91 Å². The Kier molecular flexibility index (Phi) is 4.42. The van der Waals surface area contributed by atoms with Crippen LogP contribution in [0.5, 0.6) is 0 Å². The average Bonchev–Trinajstić information content (AvgIpc) is 3.17. The Bertz CT molecular complexity index is 1040. The number of hydrogen-bond acceptors (Lipinski definition) is 3. The molecule has 1 saturated heterocycles. The first kappa shape index (κ1) is 16.7. The summed E-state index contributed by atoms with van der Waals surface area (Å²) in [6, 6.07) is 17.8. The number of hydrogen-bond donors (Lipinski definition) is 0. The van der Waals surface area contributed by atoms with Crippen LogP contribution in [0.4, 0.5) is 0 Å². The van der Waals surface area contributed by atoms with Gasteiger partial charge in [-0.1, -0.05) is 53.8 Å². The molecule has 0 saturated carbocycles. The minimum absolute atomic E-state index is 0.0168. The van der Waals surface area contributed by atoms with E-state index in [0.717, 1.165) is 15.8 Å². The zero-order chi connectivity index (χ0) is 18.1. The summed E-state index contributed by atoms with van der Waals surface area (Å²) in [7, 11) is 1.91. The van der Waals surface area contributed by atoms with Crippen LogP contribution in [0, 0.1) is 5.92 Å². The number of fused-ring (bicyclic) bond motifs is 1. The zero-order valence-electron chi connectivity index (χ0n) is 14.5. The summed E-state index contributed by atoms with van der Waals surface area (Å²) in [5, 5.41) is 0. The number of aryl methyl sites for hydroxylation is 1. The molecule has 2 amide bonds. The number of aromatic nitrogens is 1. The van der Waals surface area contributed by atoms with Gasteiger partial charge in [-0.25, -0.2) is 0 Å². The van der Waals surface area contributed by atoms with Gasteiger partial charge in [0, 0.05) is 26.6 Å². The van der Waals surface area contributed by atoms with E-state index in [1.807, 2.05) is 66.2 Å². The number of rotatable bonds is 3. The third-order valence-electron chi connectivity index (χ3n) is 4.70. The van der Waals surface area contributed by atoms with E-state index in [-0.39, 0.29) is 24.2 Å². The first-order valence-electron chi connectivity index (χ1n) is 8.56. The molecule has 2 heterocycles. The number of amides is 2. The van der Waals surface area contributed by atoms with Gasteiger partial charge >= 0.3 is 0 Å². The summed E-state index contributed by atoms with van der Waals surface area (Å²) >= 11 is 1.49. The van der Waals surface area contributed by atoms with Crippen LogP contribution in [0.3, 0.4) is 0 Å². The number of nitrogens with zero attached hydrogens (tertiary/aromatic N) is 3. The smallest absolute Gasteiger partial charge is 0.253 e. The summed E-state index contributed by atoms with van der Waals surface area (Å²) in [6.07, 6.45) is 0.240. The molecule has 6 heteroatoms. The molecular weight excluding hydrogens is 346 g/mol. The molecule has 1 fully saturated rings. The molecule has 0 aliphatic carbocycles. The second-order valence-electron chi connectivity index (χ2n) is 6.52. The number of carbonyl (C=O) groups excluding carboxylic acids is 2. The fourth-order valence-corrected chi connectivity index (χ4v) is 4.29. The molecule has 1 atom stereocenters. The van der Waals surface area contributed by atoms with Gasteiger partial charge in [0.25, 0.3) is 5.91 Å². The molecular formula is C20H19N3O2S. The first-order chi connectivity index (χ1) is 12.6. The van der Waals surface area contributed by atoms with Gasteiger partial charge in [-0.15, -0.1) is 0 Å². The standard InChI is InChI=1S/C20H19N3O2S/c1-22-16-9-5-6-10-17(16)26-20(22)21-19(25)15-11-18(24)23(13-15)12-14-7-3-2-4-8-14/h2-10,15H,11-13H2,1H3. The molecule has 0 bridgehead atoms. The summed E-state index contributed by atoms with van der Waals surface area (Å²) in [6.45, 7) is 0.977. The molecule has 5 nitrogen and oxygen atoms in total. The quantitative estimate of drug-likeness (QED) is 0.717. The van der Waals surface area contributed by atoms with Gasteiger partial charge in [-0.05, 0) is 17.7 Å². The minimum atomic E-state index is -0.364. The molecule has 1 aliphatic rings. The summed E-state index contributed by atoms with van der Waals surface area (Å²) in [5.74, 6) is -0.560. The lowest BCUT2D eigenvalue weighted by Crippen LogP contribution is -2.26. The van der Waals surface area contributed by atoms with Crippen molar-refractivity contribution in [3.63, 3.8) is 0 Å². The van der Waals surface area contributed by atoms with Crippen LogP contribution in [0.15, 0.2) is 59.6 Å². The molecule has 1 unspecified atom stereocenters. The summed E-state index contributed by atoms with van der Waals surface area (Å²) < 4.78 is 3.02. The molecule has 4 rings (SSSR count). The molecule has 1 aliphatic heterocycles. The summed E-state index contributed by atoms with van der Waals surface area (Å²) in [5.41, 5.74) is 2.12. The highest BCUT2D eigenvalue weighted by atomic mass is 32.1. The van der Waals surface area contributed by atoms with E-state index < -0.39 is 0 Å². The Hall–Kier alpha value is -2.73. The van der Waals surface area contributed by atoms with Crippen molar-refractivity contribution < 1.29 is 9.59 Å². The lowest BCUT2D eigenvalue weighted by atomic mass is 10.1. The van der Waals surface area contributed by atoms with Gasteiger partial charge in [0.15, 0.2) is 4.80 Å². The maximum Gasteiger partial charge on any atom is 0.253 e. The highest BCUT2D eigenvalue weighted by molar-refractivity contribution is 7.16. The first-order valence-corrected chi connectivity index (χ1v) is 9.38. The normalized spacial score (nSPS) is 18.0. The minimum Gasteiger partial charge on any atom is -0.338 e. The van der Waals surface area contributed by atoms with Gasteiger partial charge in [0.05, 0.1) is 16.1 Å². The molecule has 0 N–H and O–H groups in total. The average molecular weight is 365 g/mol. The Morgan fingerprint density at radius 1 is 1.15 bits per heavy atom. The van der Waals surface area contributed by atoms with Crippen molar-refractivity contribution in [2.45, 2.75) is 13.0 Å². The molecule has 2 aromatic carbocycles. The van der Waals surface area contributed by atoms with Crippen molar-refractivity contribution in [1.29, 1.82) is 0 Å². The van der Waals surface area contributed by atoms with Crippen LogP contribution in [0.1, 0.15) is 12.0 Å². The predicted molar refractivity (Wildman–Crippen MR) is 101 cm³/mol. The van der Waals surface area contributed by atoms with Crippen molar-refractivity contribution in [3.8, 4) is 0 Å². The van der Waals surface area contributed by atoms with Crippen LogP contribution in [0.2, 0.25) is 0 Å². The molecule has 1 aromatic heterocycles. The van der Waals surface area contributed by atoms with E-state index in [2.05, 4.69) is 4.99 Å². The Morgan fingerprint density at radius 3 is 2.65 bits per heavy atom. The van der Waals surface area contributed by atoms with Crippen molar-refractivity contribution in [2.75, 3.05) is 6.54 Å². The highest BCUT2D eigenvalue weighted by Gasteiger charge is 2.34. The molecule has 0 spiro atoms. The Morgan fingerprint density at radius 2 is 1.88 bits per heavy atom. The van der Waals surface area contributed by atoms with Gasteiger partial charge in [0.1, 0.15) is 0 Å². The van der Waals surface area contributed by atoms with Crippen LogP contribution < -0.4 is 4.80 Å². The van der Waals surface area contributed by atoms with Crippen LogP contribution >= 0.6 is 11.3 Å². The summed E-state index contributed by atoms with van der Waals surface area (Å²) in [4.78, 5) is 31.7. The van der Waals surface area contributed by atoms with Crippen molar-refractivity contribution >= 4 is 33.4 Å². The topological polar surface area (TPSA) is 54.7 Å². The van der Waals surface area contributed by atoms with E-state index in [4.69, 9.17) is 0 Å². The number of thiazole rings is 1. The predicted octanol–water partition coefficient (Wildman–Crippen LogP) is 2.72. The largest absolute Gasteiger partial charge is 0.338 e. The maximum atomic E-state index is 12.6. The van der Waals surface area contributed by atoms with E-state index in [1.54, 1.807) is 4.90 Å². The second kappa shape index (κ2) is 6.88. The monoisotopic (exact) mass is 365 g/mol. The molecule has 26 heavy (non-hydrogen) atoms. The lowest BCUT2D eigenvalue weighted by molar-refractivity contribution is -0.128. The van der Waals surface area contributed by atoms with Gasteiger partial charge < -0.3 is 9.47 Å². The van der Waals surface area contributed by atoms with Crippen molar-refractivity contribution in [2.24, 2.45) is 18.0 Å². The van der Waals surface area contributed by atoms with Crippen molar-refractivity contribution in [3.05, 3.63) is 65.0 Å². The maximum absolute atomic E-state index is 12.6. The third kappa shape index (κ3) is 3.20. The number of likely N-dealkylation sites (tertiary alicyclic amines) is 1. The molecule has 3 aromatic rings. The SMILES string of the molecule is Cn1c(=NC(=O)C2CC(=O)N(Cc3ccccc3)C2)sc2ccccc21. The van der Waals surface area contributed by atoms with E-state index in [9.17, 15) is 9.59 Å². The zero-order valence-corrected chi connectivity index (χ0v) is 15.3. The highest BCUT2D eigenvalue weighted by Crippen LogP contribution is 2.22.